The van der Waals surface area contributed by atoms with Gasteiger partial charge < -0.3 is 9.80 Å². The Kier molecular flexibility index (Phi) is 7.28. The molecule has 2 aliphatic rings. The van der Waals surface area contributed by atoms with Crippen molar-refractivity contribution >= 4 is 34.8 Å². The van der Waals surface area contributed by atoms with Crippen molar-refractivity contribution < 1.29 is 9.59 Å². The van der Waals surface area contributed by atoms with Gasteiger partial charge in [-0.05, 0) is 37.3 Å². The van der Waals surface area contributed by atoms with Crippen LogP contribution in [0.25, 0.3) is 0 Å². The number of carbonyl (C=O) groups is 2. The molecule has 7 heteroatoms. The molecule has 0 radical (unpaired) electrons. The van der Waals surface area contributed by atoms with Gasteiger partial charge in [0.25, 0.3) is 5.91 Å². The van der Waals surface area contributed by atoms with E-state index in [-0.39, 0.29) is 11.8 Å². The van der Waals surface area contributed by atoms with Crippen LogP contribution in [-0.2, 0) is 11.2 Å². The lowest BCUT2D eigenvalue weighted by Crippen LogP contribution is -2.39. The molecule has 31 heavy (non-hydrogen) atoms. The van der Waals surface area contributed by atoms with Gasteiger partial charge in [0, 0.05) is 42.5 Å². The van der Waals surface area contributed by atoms with Crippen molar-refractivity contribution in [2.45, 2.75) is 63.3 Å². The fraction of sp³-hybridized carbons (Fsp3) is 0.542. The van der Waals surface area contributed by atoms with Crippen molar-refractivity contribution in [1.29, 1.82) is 0 Å². The first kappa shape index (κ1) is 22.3. The van der Waals surface area contributed by atoms with E-state index < -0.39 is 0 Å². The molecule has 0 spiro atoms. The number of halogens is 1. The summed E-state index contributed by atoms with van der Waals surface area (Å²) in [7, 11) is 1.92. The van der Waals surface area contributed by atoms with Crippen molar-refractivity contribution in [2.75, 3.05) is 20.1 Å². The number of aromatic nitrogens is 1. The summed E-state index contributed by atoms with van der Waals surface area (Å²) in [5.74, 6) is 0.480. The number of hydrogen-bond donors (Lipinski definition) is 0. The van der Waals surface area contributed by atoms with Crippen LogP contribution in [0.3, 0.4) is 0 Å². The maximum absolute atomic E-state index is 12.9. The topological polar surface area (TPSA) is 53.5 Å². The Morgan fingerprint density at radius 2 is 1.84 bits per heavy atom. The minimum Gasteiger partial charge on any atom is -0.342 e. The molecule has 2 aromatic rings. The predicted molar refractivity (Wildman–Crippen MR) is 125 cm³/mol. The number of carbonyl (C=O) groups excluding carboxylic acids is 2. The second-order valence-corrected chi connectivity index (χ2v) is 10.00. The highest BCUT2D eigenvalue weighted by Crippen LogP contribution is 2.31. The lowest BCUT2D eigenvalue weighted by atomic mass is 9.94. The zero-order valence-electron chi connectivity index (χ0n) is 18.1. The summed E-state index contributed by atoms with van der Waals surface area (Å²) in [4.78, 5) is 34.1. The van der Waals surface area contributed by atoms with Crippen LogP contribution in [0.1, 0.15) is 71.9 Å². The normalized spacial score (nSPS) is 18.2. The second-order valence-electron chi connectivity index (χ2n) is 8.70. The van der Waals surface area contributed by atoms with Gasteiger partial charge in [0.15, 0.2) is 0 Å². The molecule has 1 aliphatic heterocycles. The maximum atomic E-state index is 12.9. The van der Waals surface area contributed by atoms with E-state index in [1.807, 2.05) is 46.5 Å². The molecule has 0 unspecified atom stereocenters. The van der Waals surface area contributed by atoms with Gasteiger partial charge in [0.1, 0.15) is 5.69 Å². The molecular formula is C24H30ClN3O2S. The smallest absolute Gasteiger partial charge is 0.273 e. The standard InChI is InChI=1S/C24H30ClN3O2S/c1-27(19-8-3-2-4-9-19)24(30)21-16-31-23(26-21)17-11-13-28(14-12-17)22(29)15-18-7-5-6-10-20(18)25/h5-7,10,16-17,19H,2-4,8-9,11-15H2,1H3. The molecule has 1 aliphatic carbocycles. The average Bonchev–Trinajstić information content (AvgIpc) is 3.30. The van der Waals surface area contributed by atoms with E-state index >= 15 is 0 Å². The monoisotopic (exact) mass is 459 g/mol. The van der Waals surface area contributed by atoms with Gasteiger partial charge in [0.05, 0.1) is 11.4 Å². The Labute approximate surface area is 193 Å². The van der Waals surface area contributed by atoms with Crippen molar-refractivity contribution in [1.82, 2.24) is 14.8 Å². The Bertz CT molecular complexity index is 917. The number of rotatable bonds is 5. The summed E-state index contributed by atoms with van der Waals surface area (Å²) in [6.07, 6.45) is 7.99. The van der Waals surface area contributed by atoms with E-state index in [2.05, 4.69) is 0 Å². The quantitative estimate of drug-likeness (QED) is 0.621. The largest absolute Gasteiger partial charge is 0.342 e. The van der Waals surface area contributed by atoms with Gasteiger partial charge in [-0.15, -0.1) is 11.3 Å². The van der Waals surface area contributed by atoms with Crippen molar-refractivity contribution in [3.8, 4) is 0 Å². The molecule has 0 bridgehead atoms. The molecule has 1 saturated heterocycles. The minimum absolute atomic E-state index is 0.0433. The summed E-state index contributed by atoms with van der Waals surface area (Å²) in [6.45, 7) is 1.44. The molecule has 2 amide bonds. The van der Waals surface area contributed by atoms with Crippen LogP contribution in [0.4, 0.5) is 0 Å². The maximum Gasteiger partial charge on any atom is 0.273 e. The van der Waals surface area contributed by atoms with E-state index in [1.54, 1.807) is 11.3 Å². The first-order valence-corrected chi connectivity index (χ1v) is 12.5. The molecule has 1 saturated carbocycles. The highest BCUT2D eigenvalue weighted by atomic mass is 35.5. The molecule has 2 fully saturated rings. The molecule has 0 atom stereocenters. The number of thiazole rings is 1. The highest BCUT2D eigenvalue weighted by Gasteiger charge is 2.28. The summed E-state index contributed by atoms with van der Waals surface area (Å²) in [5.41, 5.74) is 1.45. The van der Waals surface area contributed by atoms with Crippen LogP contribution in [0.2, 0.25) is 5.02 Å². The van der Waals surface area contributed by atoms with E-state index in [1.165, 1.54) is 19.3 Å². The van der Waals surface area contributed by atoms with E-state index in [0.717, 1.165) is 49.3 Å². The van der Waals surface area contributed by atoms with Gasteiger partial charge in [0.2, 0.25) is 5.91 Å². The molecule has 166 valence electrons. The molecule has 4 rings (SSSR count). The van der Waals surface area contributed by atoms with Crippen molar-refractivity contribution in [2.24, 2.45) is 0 Å². The van der Waals surface area contributed by atoms with Crippen LogP contribution in [0.15, 0.2) is 29.6 Å². The number of nitrogens with zero attached hydrogens (tertiary/aromatic N) is 3. The van der Waals surface area contributed by atoms with Crippen molar-refractivity contribution in [3.05, 3.63) is 50.9 Å². The number of hydrogen-bond acceptors (Lipinski definition) is 4. The molecule has 0 N–H and O–H groups in total. The predicted octanol–water partition coefficient (Wildman–Crippen LogP) is 5.15. The van der Waals surface area contributed by atoms with Gasteiger partial charge in [-0.3, -0.25) is 9.59 Å². The number of amides is 2. The molecule has 1 aromatic carbocycles. The van der Waals surface area contributed by atoms with Crippen molar-refractivity contribution in [3.63, 3.8) is 0 Å². The fourth-order valence-corrected chi connectivity index (χ4v) is 5.85. The molecule has 5 nitrogen and oxygen atoms in total. The molecule has 1 aromatic heterocycles. The molecular weight excluding hydrogens is 430 g/mol. The lowest BCUT2D eigenvalue weighted by molar-refractivity contribution is -0.131. The zero-order chi connectivity index (χ0) is 21.8. The SMILES string of the molecule is CN(C(=O)c1csc(C2CCN(C(=O)Cc3ccccc3Cl)CC2)n1)C1CCCCC1. The number of likely N-dealkylation sites (tertiary alicyclic amines) is 1. The van der Waals surface area contributed by atoms with E-state index in [0.29, 0.717) is 29.1 Å². The zero-order valence-corrected chi connectivity index (χ0v) is 19.6. The summed E-state index contributed by atoms with van der Waals surface area (Å²) in [5, 5.41) is 3.58. The van der Waals surface area contributed by atoms with Crippen LogP contribution in [0.5, 0.6) is 0 Å². The van der Waals surface area contributed by atoms with Gasteiger partial charge >= 0.3 is 0 Å². The number of benzene rings is 1. The average molecular weight is 460 g/mol. The Balaban J connectivity index is 1.31. The first-order chi connectivity index (χ1) is 15.0. The van der Waals surface area contributed by atoms with Gasteiger partial charge in [-0.1, -0.05) is 49.1 Å². The molecule has 2 heterocycles. The Hall–Kier alpha value is -1.92. The summed E-state index contributed by atoms with van der Waals surface area (Å²) < 4.78 is 0. The van der Waals surface area contributed by atoms with Gasteiger partial charge in [-0.25, -0.2) is 4.98 Å². The number of piperidine rings is 1. The third kappa shape index (κ3) is 5.29. The summed E-state index contributed by atoms with van der Waals surface area (Å²) >= 11 is 7.78. The minimum atomic E-state index is 0.0433. The van der Waals surface area contributed by atoms with E-state index in [9.17, 15) is 9.59 Å². The summed E-state index contributed by atoms with van der Waals surface area (Å²) in [6, 6.07) is 7.86. The van der Waals surface area contributed by atoms with Crippen LogP contribution >= 0.6 is 22.9 Å². The van der Waals surface area contributed by atoms with Gasteiger partial charge in [-0.2, -0.15) is 0 Å². The van der Waals surface area contributed by atoms with E-state index in [4.69, 9.17) is 16.6 Å². The second kappa shape index (κ2) is 10.1. The van der Waals surface area contributed by atoms with Crippen LogP contribution in [-0.4, -0.2) is 52.8 Å². The fourth-order valence-electron chi connectivity index (χ4n) is 4.68. The highest BCUT2D eigenvalue weighted by molar-refractivity contribution is 7.09. The van der Waals surface area contributed by atoms with Crippen LogP contribution < -0.4 is 0 Å². The lowest BCUT2D eigenvalue weighted by Gasteiger charge is -2.31. The Morgan fingerprint density at radius 1 is 1.13 bits per heavy atom. The third-order valence-corrected chi connectivity index (χ3v) is 8.06. The first-order valence-electron chi connectivity index (χ1n) is 11.3. The van der Waals surface area contributed by atoms with Crippen LogP contribution in [0, 0.1) is 0 Å². The third-order valence-electron chi connectivity index (χ3n) is 6.68. The Morgan fingerprint density at radius 3 is 2.55 bits per heavy atom.